The molecule has 0 fully saturated rings. The third-order valence-electron chi connectivity index (χ3n) is 5.42. The minimum Gasteiger partial charge on any atom is -0.302 e. The predicted octanol–water partition coefficient (Wildman–Crippen LogP) is 4.52. The van der Waals surface area contributed by atoms with Gasteiger partial charge in [-0.3, -0.25) is 14.8 Å². The van der Waals surface area contributed by atoms with E-state index in [-0.39, 0.29) is 5.91 Å². The summed E-state index contributed by atoms with van der Waals surface area (Å²) >= 11 is 1.51. The fraction of sp³-hybridized carbons (Fsp3) is 0.261. The Balaban J connectivity index is 1.78. The molecule has 5 rings (SSSR count). The Bertz CT molecular complexity index is 1290. The van der Waals surface area contributed by atoms with Gasteiger partial charge in [0.2, 0.25) is 5.91 Å². The molecule has 1 aliphatic rings. The van der Waals surface area contributed by atoms with Crippen LogP contribution in [0.5, 0.6) is 0 Å². The number of hydrogen-bond donors (Lipinski definition) is 1. The van der Waals surface area contributed by atoms with Crippen LogP contribution in [0.1, 0.15) is 35.9 Å². The zero-order valence-corrected chi connectivity index (χ0v) is 18.5. The van der Waals surface area contributed by atoms with Crippen LogP contribution in [0.15, 0.2) is 36.8 Å². The molecule has 8 heteroatoms. The first-order chi connectivity index (χ1) is 15.0. The summed E-state index contributed by atoms with van der Waals surface area (Å²) in [6.45, 7) is 5.53. The maximum absolute atomic E-state index is 11.6. The summed E-state index contributed by atoms with van der Waals surface area (Å²) in [4.78, 5) is 26.1. The van der Waals surface area contributed by atoms with Gasteiger partial charge in [0.05, 0.1) is 27.6 Å². The second-order valence-electron chi connectivity index (χ2n) is 7.77. The van der Waals surface area contributed by atoms with Gasteiger partial charge in [0, 0.05) is 42.3 Å². The number of pyridine rings is 2. The molecule has 4 aromatic heterocycles. The lowest BCUT2D eigenvalue weighted by Gasteiger charge is -2.09. The van der Waals surface area contributed by atoms with Crippen LogP contribution < -0.4 is 5.32 Å². The van der Waals surface area contributed by atoms with Crippen LogP contribution in [0.25, 0.3) is 27.5 Å². The largest absolute Gasteiger partial charge is 0.302 e. The van der Waals surface area contributed by atoms with Gasteiger partial charge in [-0.2, -0.15) is 5.10 Å². The number of thiazole rings is 1. The molecule has 156 valence electrons. The Kier molecular flexibility index (Phi) is 4.86. The van der Waals surface area contributed by atoms with Crippen LogP contribution in [0.3, 0.4) is 0 Å². The van der Waals surface area contributed by atoms with Crippen molar-refractivity contribution in [3.63, 3.8) is 0 Å². The molecule has 0 spiro atoms. The summed E-state index contributed by atoms with van der Waals surface area (Å²) in [5.41, 5.74) is 8.20. The minimum atomic E-state index is -0.117. The normalized spacial score (nSPS) is 12.7. The standard InChI is InChI=1S/C23H22N6OS/c1-13-11-24-10-9-19(13)29-21-17(20(28-29)16-8-7-14(2)25-12-16)5-4-6-18-22(21)31-23(27-18)26-15(3)30/h7-12H,4-6H2,1-3H3,(H,26,27,30). The van der Waals surface area contributed by atoms with E-state index in [0.717, 1.165) is 63.7 Å². The van der Waals surface area contributed by atoms with Crippen molar-refractivity contribution in [3.05, 3.63) is 59.3 Å². The number of fused-ring (bicyclic) bond motifs is 3. The molecule has 1 N–H and O–H groups in total. The van der Waals surface area contributed by atoms with E-state index in [0.29, 0.717) is 5.13 Å². The van der Waals surface area contributed by atoms with E-state index in [4.69, 9.17) is 10.1 Å². The smallest absolute Gasteiger partial charge is 0.223 e. The molecular formula is C23H22N6OS. The summed E-state index contributed by atoms with van der Waals surface area (Å²) in [6.07, 6.45) is 8.27. The third kappa shape index (κ3) is 3.53. The summed E-state index contributed by atoms with van der Waals surface area (Å²) in [5.74, 6) is -0.117. The van der Waals surface area contributed by atoms with Crippen LogP contribution in [-0.2, 0) is 17.6 Å². The lowest BCUT2D eigenvalue weighted by molar-refractivity contribution is -0.114. The van der Waals surface area contributed by atoms with Crippen molar-refractivity contribution in [2.24, 2.45) is 0 Å². The highest BCUT2D eigenvalue weighted by Gasteiger charge is 2.28. The van der Waals surface area contributed by atoms with E-state index < -0.39 is 0 Å². The van der Waals surface area contributed by atoms with Crippen molar-refractivity contribution in [2.75, 3.05) is 5.32 Å². The molecule has 4 heterocycles. The van der Waals surface area contributed by atoms with Crippen molar-refractivity contribution in [2.45, 2.75) is 40.0 Å². The fourth-order valence-corrected chi connectivity index (χ4v) is 5.10. The Morgan fingerprint density at radius 3 is 2.77 bits per heavy atom. The molecular weight excluding hydrogens is 408 g/mol. The minimum absolute atomic E-state index is 0.117. The van der Waals surface area contributed by atoms with E-state index in [1.165, 1.54) is 23.8 Å². The quantitative estimate of drug-likeness (QED) is 0.517. The lowest BCUT2D eigenvalue weighted by atomic mass is 10.0. The van der Waals surface area contributed by atoms with Crippen LogP contribution in [0.4, 0.5) is 5.13 Å². The molecule has 0 saturated heterocycles. The van der Waals surface area contributed by atoms with E-state index in [1.54, 1.807) is 6.20 Å². The maximum Gasteiger partial charge on any atom is 0.223 e. The molecule has 31 heavy (non-hydrogen) atoms. The second-order valence-corrected chi connectivity index (χ2v) is 8.77. The van der Waals surface area contributed by atoms with Gasteiger partial charge in [0.1, 0.15) is 0 Å². The van der Waals surface area contributed by atoms with Crippen molar-refractivity contribution >= 4 is 22.4 Å². The first-order valence-electron chi connectivity index (χ1n) is 10.2. The summed E-state index contributed by atoms with van der Waals surface area (Å²) in [6, 6.07) is 6.08. The van der Waals surface area contributed by atoms with E-state index in [9.17, 15) is 4.79 Å². The zero-order chi connectivity index (χ0) is 21.5. The van der Waals surface area contributed by atoms with Crippen LogP contribution in [0, 0.1) is 13.8 Å². The Morgan fingerprint density at radius 2 is 2.03 bits per heavy atom. The van der Waals surface area contributed by atoms with Gasteiger partial charge in [0.15, 0.2) is 5.13 Å². The van der Waals surface area contributed by atoms with Gasteiger partial charge in [-0.05, 0) is 56.9 Å². The predicted molar refractivity (Wildman–Crippen MR) is 122 cm³/mol. The highest BCUT2D eigenvalue weighted by Crippen LogP contribution is 2.43. The number of hydrogen-bond acceptors (Lipinski definition) is 6. The van der Waals surface area contributed by atoms with Gasteiger partial charge >= 0.3 is 0 Å². The van der Waals surface area contributed by atoms with Crippen LogP contribution in [0.2, 0.25) is 0 Å². The molecule has 0 bridgehead atoms. The first kappa shape index (κ1) is 19.6. The van der Waals surface area contributed by atoms with E-state index in [2.05, 4.69) is 21.4 Å². The molecule has 0 saturated carbocycles. The van der Waals surface area contributed by atoms with Gasteiger partial charge < -0.3 is 5.32 Å². The number of nitrogens with one attached hydrogen (secondary N) is 1. The number of rotatable bonds is 3. The number of carbonyl (C=O) groups is 1. The highest BCUT2D eigenvalue weighted by atomic mass is 32.1. The van der Waals surface area contributed by atoms with Crippen molar-refractivity contribution < 1.29 is 4.79 Å². The van der Waals surface area contributed by atoms with Gasteiger partial charge in [-0.1, -0.05) is 11.3 Å². The van der Waals surface area contributed by atoms with Gasteiger partial charge in [0.25, 0.3) is 0 Å². The van der Waals surface area contributed by atoms with E-state index in [1.807, 2.05) is 43.1 Å². The molecule has 1 amide bonds. The van der Waals surface area contributed by atoms with Crippen molar-refractivity contribution in [3.8, 4) is 27.5 Å². The average Bonchev–Trinajstić information content (AvgIpc) is 3.25. The highest BCUT2D eigenvalue weighted by molar-refractivity contribution is 7.19. The SMILES string of the molecule is CC(=O)Nc1nc2c(s1)-c1c(c(-c3ccc(C)nc3)nn1-c1ccncc1C)CCC2. The number of anilines is 1. The summed E-state index contributed by atoms with van der Waals surface area (Å²) in [7, 11) is 0. The Morgan fingerprint density at radius 1 is 1.16 bits per heavy atom. The molecule has 0 unspecified atom stereocenters. The van der Waals surface area contributed by atoms with Gasteiger partial charge in [-0.15, -0.1) is 0 Å². The van der Waals surface area contributed by atoms with Crippen molar-refractivity contribution in [1.82, 2.24) is 24.7 Å². The topological polar surface area (TPSA) is 85.6 Å². The maximum atomic E-state index is 11.6. The third-order valence-corrected chi connectivity index (χ3v) is 6.44. The van der Waals surface area contributed by atoms with Crippen LogP contribution in [-0.4, -0.2) is 30.6 Å². The van der Waals surface area contributed by atoms with Crippen molar-refractivity contribution in [1.29, 1.82) is 0 Å². The number of amides is 1. The average molecular weight is 431 g/mol. The molecule has 0 aromatic carbocycles. The number of aryl methyl sites for hydroxylation is 3. The fourth-order valence-electron chi connectivity index (χ4n) is 3.98. The Labute approximate surface area is 184 Å². The number of aromatic nitrogens is 5. The molecule has 1 aliphatic carbocycles. The molecule has 7 nitrogen and oxygen atoms in total. The monoisotopic (exact) mass is 430 g/mol. The summed E-state index contributed by atoms with van der Waals surface area (Å²) in [5, 5.41) is 8.55. The second kappa shape index (κ2) is 7.70. The molecule has 4 aromatic rings. The molecule has 0 radical (unpaired) electrons. The number of carbonyl (C=O) groups excluding carboxylic acids is 1. The number of nitrogens with zero attached hydrogens (tertiary/aromatic N) is 5. The lowest BCUT2D eigenvalue weighted by Crippen LogP contribution is -2.05. The summed E-state index contributed by atoms with van der Waals surface area (Å²) < 4.78 is 2.02. The van der Waals surface area contributed by atoms with Crippen LogP contribution >= 0.6 is 11.3 Å². The Hall–Kier alpha value is -3.39. The van der Waals surface area contributed by atoms with E-state index >= 15 is 0 Å². The zero-order valence-electron chi connectivity index (χ0n) is 17.6. The molecule has 0 aliphatic heterocycles. The van der Waals surface area contributed by atoms with Gasteiger partial charge in [-0.25, -0.2) is 9.67 Å². The molecule has 0 atom stereocenters. The first-order valence-corrected chi connectivity index (χ1v) is 11.1.